The Morgan fingerprint density at radius 1 is 1.41 bits per heavy atom. The number of nitrogens with one attached hydrogen (secondary N) is 1. The minimum Gasteiger partial charge on any atom is -0.484 e. The van der Waals surface area contributed by atoms with E-state index in [1.165, 1.54) is 12.8 Å². The van der Waals surface area contributed by atoms with E-state index in [1.807, 2.05) is 24.3 Å². The first kappa shape index (κ1) is 12.4. The van der Waals surface area contributed by atoms with Crippen LogP contribution in [0.3, 0.4) is 0 Å². The van der Waals surface area contributed by atoms with Gasteiger partial charge in [-0.15, -0.1) is 0 Å². The summed E-state index contributed by atoms with van der Waals surface area (Å²) in [7, 11) is 0. The predicted molar refractivity (Wildman–Crippen MR) is 70.0 cm³/mol. The van der Waals surface area contributed by atoms with Crippen molar-refractivity contribution in [2.45, 2.75) is 31.7 Å². The molecular weight excluding hydrogens is 282 g/mol. The molecule has 0 heterocycles. The third kappa shape index (κ3) is 4.04. The van der Waals surface area contributed by atoms with Gasteiger partial charge in [-0.05, 0) is 31.0 Å². The maximum Gasteiger partial charge on any atom is 0.258 e. The second-order valence-electron chi connectivity index (χ2n) is 4.29. The number of carbonyl (C=O) groups excluding carboxylic acids is 1. The van der Waals surface area contributed by atoms with Crippen LogP contribution >= 0.6 is 15.9 Å². The molecule has 1 aliphatic carbocycles. The second kappa shape index (κ2) is 6.05. The lowest BCUT2D eigenvalue weighted by atomic mass is 10.2. The van der Waals surface area contributed by atoms with Gasteiger partial charge >= 0.3 is 0 Å². The van der Waals surface area contributed by atoms with E-state index in [2.05, 4.69) is 21.2 Å². The highest BCUT2D eigenvalue weighted by molar-refractivity contribution is 9.10. The number of hydrogen-bond donors (Lipinski definition) is 1. The molecule has 0 aromatic heterocycles. The lowest BCUT2D eigenvalue weighted by molar-refractivity contribution is -0.123. The molecule has 1 saturated carbocycles. The maximum absolute atomic E-state index is 11.6. The first-order valence-corrected chi connectivity index (χ1v) is 6.71. The van der Waals surface area contributed by atoms with Gasteiger partial charge in [0.2, 0.25) is 0 Å². The second-order valence-corrected chi connectivity index (χ2v) is 5.21. The smallest absolute Gasteiger partial charge is 0.258 e. The van der Waals surface area contributed by atoms with E-state index < -0.39 is 0 Å². The van der Waals surface area contributed by atoms with Gasteiger partial charge in [0.05, 0.1) is 0 Å². The lowest BCUT2D eigenvalue weighted by Crippen LogP contribution is -2.36. The third-order valence-electron chi connectivity index (χ3n) is 2.89. The molecule has 0 atom stereocenters. The van der Waals surface area contributed by atoms with Crippen LogP contribution in [0.25, 0.3) is 0 Å². The molecule has 0 unspecified atom stereocenters. The Morgan fingerprint density at radius 3 is 2.88 bits per heavy atom. The predicted octanol–water partition coefficient (Wildman–Crippen LogP) is 2.89. The zero-order chi connectivity index (χ0) is 12.1. The quantitative estimate of drug-likeness (QED) is 0.928. The molecule has 0 bridgehead atoms. The molecule has 0 saturated heterocycles. The number of ether oxygens (including phenoxy) is 1. The Kier molecular flexibility index (Phi) is 4.42. The average Bonchev–Trinajstić information content (AvgIpc) is 2.79. The van der Waals surface area contributed by atoms with Crippen LogP contribution in [0, 0.1) is 0 Å². The van der Waals surface area contributed by atoms with Crippen molar-refractivity contribution in [3.8, 4) is 5.75 Å². The van der Waals surface area contributed by atoms with Crippen molar-refractivity contribution in [2.75, 3.05) is 6.61 Å². The van der Waals surface area contributed by atoms with Crippen LogP contribution in [0.2, 0.25) is 0 Å². The molecule has 4 heteroatoms. The van der Waals surface area contributed by atoms with Crippen LogP contribution in [-0.2, 0) is 4.79 Å². The Bertz CT molecular complexity index is 389. The fourth-order valence-electron chi connectivity index (χ4n) is 2.05. The molecule has 0 radical (unpaired) electrons. The van der Waals surface area contributed by atoms with Gasteiger partial charge in [0.25, 0.3) is 5.91 Å². The summed E-state index contributed by atoms with van der Waals surface area (Å²) in [6.45, 7) is 0.0902. The fourth-order valence-corrected chi connectivity index (χ4v) is 2.42. The van der Waals surface area contributed by atoms with Gasteiger partial charge in [0.1, 0.15) is 5.75 Å². The molecular formula is C13H16BrNO2. The van der Waals surface area contributed by atoms with Crippen molar-refractivity contribution in [3.63, 3.8) is 0 Å². The van der Waals surface area contributed by atoms with Gasteiger partial charge in [-0.25, -0.2) is 0 Å². The minimum absolute atomic E-state index is 0.0307. The molecule has 1 aromatic rings. The number of rotatable bonds is 4. The SMILES string of the molecule is O=C(COc1cccc(Br)c1)NC1CCCC1. The van der Waals surface area contributed by atoms with Crippen LogP contribution < -0.4 is 10.1 Å². The highest BCUT2D eigenvalue weighted by Gasteiger charge is 2.17. The highest BCUT2D eigenvalue weighted by atomic mass is 79.9. The molecule has 0 spiro atoms. The minimum atomic E-state index is -0.0307. The molecule has 1 N–H and O–H groups in total. The van der Waals surface area contributed by atoms with Crippen molar-refractivity contribution in [1.29, 1.82) is 0 Å². The number of halogens is 1. The number of carbonyl (C=O) groups is 1. The summed E-state index contributed by atoms with van der Waals surface area (Å²) in [6, 6.07) is 7.85. The van der Waals surface area contributed by atoms with Crippen molar-refractivity contribution in [2.24, 2.45) is 0 Å². The summed E-state index contributed by atoms with van der Waals surface area (Å²) in [6.07, 6.45) is 4.64. The molecule has 0 aliphatic heterocycles. The Labute approximate surface area is 110 Å². The summed E-state index contributed by atoms with van der Waals surface area (Å²) in [4.78, 5) is 11.6. The van der Waals surface area contributed by atoms with Gasteiger partial charge in [-0.3, -0.25) is 4.79 Å². The Hall–Kier alpha value is -1.03. The van der Waals surface area contributed by atoms with Crippen LogP contribution in [-0.4, -0.2) is 18.6 Å². The van der Waals surface area contributed by atoms with E-state index in [0.29, 0.717) is 11.8 Å². The highest BCUT2D eigenvalue weighted by Crippen LogP contribution is 2.18. The molecule has 3 nitrogen and oxygen atoms in total. The molecule has 1 aromatic carbocycles. The topological polar surface area (TPSA) is 38.3 Å². The zero-order valence-electron chi connectivity index (χ0n) is 9.62. The van der Waals surface area contributed by atoms with Gasteiger partial charge in [-0.2, -0.15) is 0 Å². The van der Waals surface area contributed by atoms with E-state index in [9.17, 15) is 4.79 Å². The van der Waals surface area contributed by atoms with E-state index in [0.717, 1.165) is 17.3 Å². The standard InChI is InChI=1S/C13H16BrNO2/c14-10-4-3-7-12(8-10)17-9-13(16)15-11-5-1-2-6-11/h3-4,7-8,11H,1-2,5-6,9H2,(H,15,16). The number of amides is 1. The van der Waals surface area contributed by atoms with Crippen LogP contribution in [0.4, 0.5) is 0 Å². The largest absolute Gasteiger partial charge is 0.484 e. The van der Waals surface area contributed by atoms with Gasteiger partial charge < -0.3 is 10.1 Å². The van der Waals surface area contributed by atoms with Crippen molar-refractivity contribution in [3.05, 3.63) is 28.7 Å². The Morgan fingerprint density at radius 2 is 2.18 bits per heavy atom. The Balaban J connectivity index is 1.75. The van der Waals surface area contributed by atoms with Crippen LogP contribution in [0.5, 0.6) is 5.75 Å². The van der Waals surface area contributed by atoms with Gasteiger partial charge in [0.15, 0.2) is 6.61 Å². The van der Waals surface area contributed by atoms with Crippen molar-refractivity contribution < 1.29 is 9.53 Å². The monoisotopic (exact) mass is 297 g/mol. The van der Waals surface area contributed by atoms with Crippen LogP contribution in [0.15, 0.2) is 28.7 Å². The van der Waals surface area contributed by atoms with Gasteiger partial charge in [-0.1, -0.05) is 34.8 Å². The van der Waals surface area contributed by atoms with Crippen molar-refractivity contribution in [1.82, 2.24) is 5.32 Å². The number of benzene rings is 1. The van der Waals surface area contributed by atoms with E-state index in [-0.39, 0.29) is 12.5 Å². The molecule has 1 aliphatic rings. The van der Waals surface area contributed by atoms with E-state index >= 15 is 0 Å². The molecule has 2 rings (SSSR count). The first-order valence-electron chi connectivity index (χ1n) is 5.92. The molecule has 17 heavy (non-hydrogen) atoms. The summed E-state index contributed by atoms with van der Waals surface area (Å²) < 4.78 is 6.37. The normalized spacial score (nSPS) is 15.8. The molecule has 1 amide bonds. The molecule has 92 valence electrons. The van der Waals surface area contributed by atoms with Crippen LogP contribution in [0.1, 0.15) is 25.7 Å². The zero-order valence-corrected chi connectivity index (χ0v) is 11.2. The van der Waals surface area contributed by atoms with Crippen molar-refractivity contribution >= 4 is 21.8 Å². The third-order valence-corrected chi connectivity index (χ3v) is 3.38. The molecule has 1 fully saturated rings. The maximum atomic E-state index is 11.6. The average molecular weight is 298 g/mol. The first-order chi connectivity index (χ1) is 8.24. The summed E-state index contributed by atoms with van der Waals surface area (Å²) in [5.74, 6) is 0.679. The van der Waals surface area contributed by atoms with Gasteiger partial charge in [0, 0.05) is 10.5 Å². The lowest BCUT2D eigenvalue weighted by Gasteiger charge is -2.12. The van der Waals surface area contributed by atoms with E-state index in [4.69, 9.17) is 4.74 Å². The fraction of sp³-hybridized carbons (Fsp3) is 0.462. The van der Waals surface area contributed by atoms with E-state index in [1.54, 1.807) is 0 Å². The summed E-state index contributed by atoms with van der Waals surface area (Å²) >= 11 is 3.36. The summed E-state index contributed by atoms with van der Waals surface area (Å²) in [5, 5.41) is 2.99. The number of hydrogen-bond acceptors (Lipinski definition) is 2. The summed E-state index contributed by atoms with van der Waals surface area (Å²) in [5.41, 5.74) is 0.